The van der Waals surface area contributed by atoms with Crippen LogP contribution in [-0.4, -0.2) is 17.9 Å². The van der Waals surface area contributed by atoms with Crippen molar-refractivity contribution in [2.75, 3.05) is 10.6 Å². The molecule has 0 radical (unpaired) electrons. The summed E-state index contributed by atoms with van der Waals surface area (Å²) in [6, 6.07) is 8.41. The molecule has 0 fully saturated rings. The van der Waals surface area contributed by atoms with Crippen molar-refractivity contribution in [3.05, 3.63) is 41.1 Å². The van der Waals surface area contributed by atoms with Crippen molar-refractivity contribution >= 4 is 35.5 Å². The first-order chi connectivity index (χ1) is 8.77. The Kier molecular flexibility index (Phi) is 5.99. The maximum atomic E-state index is 10.0. The van der Waals surface area contributed by atoms with E-state index in [9.17, 15) is 14.7 Å². The van der Waals surface area contributed by atoms with Gasteiger partial charge in [-0.3, -0.25) is 9.59 Å². The van der Waals surface area contributed by atoms with Crippen LogP contribution in [0.3, 0.4) is 0 Å². The first kappa shape index (κ1) is 13.7. The number of thiophene rings is 1. The monoisotopic (exact) mass is 264 g/mol. The van der Waals surface area contributed by atoms with Gasteiger partial charge < -0.3 is 15.7 Å². The number of benzene rings is 1. The summed E-state index contributed by atoms with van der Waals surface area (Å²) in [5, 5.41) is 18.0. The average Bonchev–Trinajstić information content (AvgIpc) is 2.92. The van der Waals surface area contributed by atoms with Crippen LogP contribution in [0.1, 0.15) is 0 Å². The van der Waals surface area contributed by atoms with Crippen molar-refractivity contribution in [2.24, 2.45) is 0 Å². The third-order valence-electron chi connectivity index (χ3n) is 1.86. The molecule has 0 spiro atoms. The minimum atomic E-state index is -0.0982. The molecule has 2 amide bonds. The molecule has 5 nitrogen and oxygen atoms in total. The van der Waals surface area contributed by atoms with Crippen molar-refractivity contribution in [2.45, 2.75) is 0 Å². The predicted octanol–water partition coefficient (Wildman–Crippen LogP) is 2.28. The highest BCUT2D eigenvalue weighted by atomic mass is 32.1. The number of hydrogen-bond acceptors (Lipinski definition) is 4. The molecule has 94 valence electrons. The van der Waals surface area contributed by atoms with Crippen molar-refractivity contribution in [3.8, 4) is 5.75 Å². The summed E-state index contributed by atoms with van der Waals surface area (Å²) in [6.45, 7) is 0. The Balaban J connectivity index is 0.000000269. The molecule has 1 aromatic heterocycles. The number of phenolic OH excluding ortho intramolecular Hbond substituents is 1. The Bertz CT molecular complexity index is 469. The van der Waals surface area contributed by atoms with Gasteiger partial charge in [-0.1, -0.05) is 12.1 Å². The van der Waals surface area contributed by atoms with Gasteiger partial charge in [-0.15, -0.1) is 0 Å². The summed E-state index contributed by atoms with van der Waals surface area (Å²) in [7, 11) is 0. The van der Waals surface area contributed by atoms with E-state index in [1.165, 1.54) is 12.1 Å². The van der Waals surface area contributed by atoms with Crippen LogP contribution in [0.4, 0.5) is 11.4 Å². The highest BCUT2D eigenvalue weighted by Gasteiger charge is 2.00. The highest BCUT2D eigenvalue weighted by molar-refractivity contribution is 7.07. The van der Waals surface area contributed by atoms with Gasteiger partial charge in [0, 0.05) is 11.8 Å². The first-order valence-electron chi connectivity index (χ1n) is 4.98. The number of amides is 2. The van der Waals surface area contributed by atoms with Gasteiger partial charge in [0.05, 0.1) is 5.69 Å². The number of carbonyl (C=O) groups is 2. The van der Waals surface area contributed by atoms with Crippen molar-refractivity contribution < 1.29 is 14.7 Å². The van der Waals surface area contributed by atoms with Crippen LogP contribution < -0.4 is 10.6 Å². The van der Waals surface area contributed by atoms with Gasteiger partial charge in [0.25, 0.3) is 0 Å². The van der Waals surface area contributed by atoms with Crippen molar-refractivity contribution in [1.82, 2.24) is 0 Å². The van der Waals surface area contributed by atoms with E-state index < -0.39 is 0 Å². The Morgan fingerprint density at radius 2 is 1.72 bits per heavy atom. The standard InChI is InChI=1S/C8H8N2O3.C4H4S/c11-4-9-6-1-2-7(10-5-12)8(13)3-6;1-2-4-5-3-1/h1-5,13H,(H,9,11)(H,10,12);1-4H. The van der Waals surface area contributed by atoms with Gasteiger partial charge in [-0.2, -0.15) is 11.3 Å². The molecule has 6 heteroatoms. The largest absolute Gasteiger partial charge is 0.506 e. The number of hydrogen-bond donors (Lipinski definition) is 3. The predicted molar refractivity (Wildman–Crippen MR) is 71.8 cm³/mol. The molecule has 0 saturated heterocycles. The van der Waals surface area contributed by atoms with Crippen LogP contribution in [-0.2, 0) is 9.59 Å². The lowest BCUT2D eigenvalue weighted by Gasteiger charge is -2.04. The molecule has 0 saturated carbocycles. The summed E-state index contributed by atoms with van der Waals surface area (Å²) in [5.74, 6) is -0.0982. The maximum absolute atomic E-state index is 10.0. The van der Waals surface area contributed by atoms with E-state index in [1.54, 1.807) is 17.4 Å². The molecule has 0 aliphatic rings. The summed E-state index contributed by atoms with van der Waals surface area (Å²) in [5.41, 5.74) is 0.760. The van der Waals surface area contributed by atoms with E-state index in [1.807, 2.05) is 22.9 Å². The molecule has 0 aliphatic carbocycles. The van der Waals surface area contributed by atoms with Gasteiger partial charge in [0.2, 0.25) is 12.8 Å². The number of nitrogens with one attached hydrogen (secondary N) is 2. The van der Waals surface area contributed by atoms with E-state index in [2.05, 4.69) is 10.6 Å². The van der Waals surface area contributed by atoms with Crippen LogP contribution in [0, 0.1) is 0 Å². The van der Waals surface area contributed by atoms with Crippen LogP contribution >= 0.6 is 11.3 Å². The molecule has 0 atom stereocenters. The lowest BCUT2D eigenvalue weighted by Crippen LogP contribution is -1.96. The molecule has 2 aromatic rings. The number of aromatic hydroxyl groups is 1. The lowest BCUT2D eigenvalue weighted by atomic mass is 10.2. The SMILES string of the molecule is O=CNc1ccc(NC=O)c(O)c1.c1ccsc1. The number of phenols is 1. The molecule has 0 bridgehead atoms. The van der Waals surface area contributed by atoms with Crippen molar-refractivity contribution in [3.63, 3.8) is 0 Å². The fourth-order valence-electron chi connectivity index (χ4n) is 1.10. The lowest BCUT2D eigenvalue weighted by molar-refractivity contribution is -0.106. The molecule has 18 heavy (non-hydrogen) atoms. The molecular formula is C12H12N2O3S. The molecule has 1 aromatic carbocycles. The number of anilines is 2. The van der Waals surface area contributed by atoms with Gasteiger partial charge >= 0.3 is 0 Å². The zero-order valence-corrected chi connectivity index (χ0v) is 10.2. The van der Waals surface area contributed by atoms with E-state index in [0.717, 1.165) is 0 Å². The molecule has 2 rings (SSSR count). The minimum Gasteiger partial charge on any atom is -0.506 e. The molecule has 0 unspecified atom stereocenters. The van der Waals surface area contributed by atoms with Crippen molar-refractivity contribution in [1.29, 1.82) is 0 Å². The highest BCUT2D eigenvalue weighted by Crippen LogP contribution is 2.25. The van der Waals surface area contributed by atoms with E-state index in [0.29, 0.717) is 24.2 Å². The molecule has 1 heterocycles. The fraction of sp³-hybridized carbons (Fsp3) is 0. The Hall–Kier alpha value is -2.34. The zero-order valence-electron chi connectivity index (χ0n) is 9.37. The average molecular weight is 264 g/mol. The Morgan fingerprint density at radius 3 is 2.17 bits per heavy atom. The van der Waals surface area contributed by atoms with E-state index >= 15 is 0 Å². The third kappa shape index (κ3) is 4.67. The van der Waals surface area contributed by atoms with Crippen LogP contribution in [0.25, 0.3) is 0 Å². The zero-order chi connectivity index (χ0) is 13.2. The summed E-state index contributed by atoms with van der Waals surface area (Å²) in [6.07, 6.45) is 0.962. The Labute approximate surface area is 108 Å². The van der Waals surface area contributed by atoms with Gasteiger partial charge in [-0.05, 0) is 22.9 Å². The fourth-order valence-corrected chi connectivity index (χ4v) is 1.56. The van der Waals surface area contributed by atoms with Crippen LogP contribution in [0.15, 0.2) is 41.1 Å². The van der Waals surface area contributed by atoms with Gasteiger partial charge in [0.1, 0.15) is 5.75 Å². The molecule has 0 aliphatic heterocycles. The van der Waals surface area contributed by atoms with Gasteiger partial charge in [-0.25, -0.2) is 0 Å². The number of rotatable bonds is 4. The Morgan fingerprint density at radius 1 is 1.06 bits per heavy atom. The minimum absolute atomic E-state index is 0.0982. The normalized spacial score (nSPS) is 8.67. The summed E-state index contributed by atoms with van der Waals surface area (Å²) in [4.78, 5) is 20.1. The van der Waals surface area contributed by atoms with E-state index in [4.69, 9.17) is 0 Å². The first-order valence-corrected chi connectivity index (χ1v) is 5.92. The van der Waals surface area contributed by atoms with E-state index in [-0.39, 0.29) is 5.75 Å². The second-order valence-electron chi connectivity index (χ2n) is 3.05. The van der Waals surface area contributed by atoms with Crippen LogP contribution in [0.5, 0.6) is 5.75 Å². The third-order valence-corrected chi connectivity index (χ3v) is 2.49. The second-order valence-corrected chi connectivity index (χ2v) is 3.87. The second kappa shape index (κ2) is 7.86. The summed E-state index contributed by atoms with van der Waals surface area (Å²) >= 11 is 1.71. The molecule has 3 N–H and O–H groups in total. The molecular weight excluding hydrogens is 252 g/mol. The topological polar surface area (TPSA) is 78.4 Å². The maximum Gasteiger partial charge on any atom is 0.211 e. The van der Waals surface area contributed by atoms with Crippen LogP contribution in [0.2, 0.25) is 0 Å². The van der Waals surface area contributed by atoms with Gasteiger partial charge in [0.15, 0.2) is 0 Å². The smallest absolute Gasteiger partial charge is 0.211 e. The quantitative estimate of drug-likeness (QED) is 0.585. The summed E-state index contributed by atoms with van der Waals surface area (Å²) < 4.78 is 0. The number of carbonyl (C=O) groups excluding carboxylic acids is 2.